The number of aryl methyl sites for hydroxylation is 2. The fraction of sp³-hybridized carbons (Fsp3) is 0.400. The van der Waals surface area contributed by atoms with Crippen LogP contribution in [0.1, 0.15) is 47.3 Å². The quantitative estimate of drug-likeness (QED) is 0.568. The molecule has 164 valence electrons. The minimum atomic E-state index is -4.52. The van der Waals surface area contributed by atoms with Gasteiger partial charge in [-0.2, -0.15) is 23.4 Å². The first-order chi connectivity index (χ1) is 14.7. The topological polar surface area (TPSA) is 89.7 Å². The monoisotopic (exact) mass is 433 g/mol. The van der Waals surface area contributed by atoms with Crippen molar-refractivity contribution in [3.63, 3.8) is 0 Å². The van der Waals surface area contributed by atoms with Gasteiger partial charge < -0.3 is 4.90 Å². The Balaban J connectivity index is 1.74. The number of pyridine rings is 1. The van der Waals surface area contributed by atoms with Gasteiger partial charge >= 0.3 is 6.18 Å². The van der Waals surface area contributed by atoms with E-state index in [1.54, 1.807) is 31.0 Å². The van der Waals surface area contributed by atoms with Crippen LogP contribution in [-0.2, 0) is 12.6 Å². The summed E-state index contributed by atoms with van der Waals surface area (Å²) in [5.74, 6) is -0.290. The van der Waals surface area contributed by atoms with E-state index in [9.17, 15) is 18.0 Å². The van der Waals surface area contributed by atoms with E-state index in [4.69, 9.17) is 0 Å². The number of alkyl halides is 3. The zero-order valence-corrected chi connectivity index (χ0v) is 17.3. The Morgan fingerprint density at radius 1 is 1.16 bits per heavy atom. The molecule has 8 nitrogen and oxygen atoms in total. The smallest absolute Gasteiger partial charge is 0.337 e. The van der Waals surface area contributed by atoms with Crippen molar-refractivity contribution in [1.29, 1.82) is 0 Å². The van der Waals surface area contributed by atoms with Gasteiger partial charge in [0, 0.05) is 25.0 Å². The number of aromatic nitrogens is 6. The van der Waals surface area contributed by atoms with E-state index in [0.717, 1.165) is 12.4 Å². The third kappa shape index (κ3) is 5.22. The van der Waals surface area contributed by atoms with Gasteiger partial charge in [-0.25, -0.2) is 9.97 Å². The molecule has 3 aromatic rings. The normalized spacial score (nSPS) is 12.6. The van der Waals surface area contributed by atoms with Crippen molar-refractivity contribution in [3.05, 3.63) is 59.7 Å². The first-order valence-corrected chi connectivity index (χ1v) is 9.70. The first kappa shape index (κ1) is 22.3. The maximum absolute atomic E-state index is 13.2. The molecule has 0 aromatic carbocycles. The summed E-state index contributed by atoms with van der Waals surface area (Å²) in [6.45, 7) is 3.73. The molecule has 3 heterocycles. The van der Waals surface area contributed by atoms with Crippen molar-refractivity contribution >= 4 is 5.91 Å². The molecule has 11 heteroatoms. The third-order valence-electron chi connectivity index (χ3n) is 4.92. The highest BCUT2D eigenvalue weighted by Gasteiger charge is 2.32. The van der Waals surface area contributed by atoms with Crippen LogP contribution in [0.4, 0.5) is 13.2 Å². The van der Waals surface area contributed by atoms with Crippen LogP contribution in [0, 0.1) is 6.92 Å². The second kappa shape index (κ2) is 9.19. The van der Waals surface area contributed by atoms with Crippen LogP contribution < -0.4 is 0 Å². The number of nitrogens with zero attached hydrogens (tertiary/aromatic N) is 7. The molecule has 0 unspecified atom stereocenters. The Bertz CT molecular complexity index is 1020. The van der Waals surface area contributed by atoms with Crippen molar-refractivity contribution in [3.8, 4) is 5.69 Å². The highest BCUT2D eigenvalue weighted by Crippen LogP contribution is 2.26. The number of rotatable bonds is 7. The van der Waals surface area contributed by atoms with Gasteiger partial charge in [0.2, 0.25) is 0 Å². The fourth-order valence-electron chi connectivity index (χ4n) is 3.16. The zero-order valence-electron chi connectivity index (χ0n) is 17.3. The highest BCUT2D eigenvalue weighted by molar-refractivity contribution is 5.95. The fourth-order valence-corrected chi connectivity index (χ4v) is 3.16. The lowest BCUT2D eigenvalue weighted by atomic mass is 10.1. The average molecular weight is 433 g/mol. The molecule has 0 saturated heterocycles. The van der Waals surface area contributed by atoms with Crippen molar-refractivity contribution in [2.75, 3.05) is 7.05 Å². The summed E-state index contributed by atoms with van der Waals surface area (Å²) < 4.78 is 37.9. The predicted octanol–water partition coefficient (Wildman–Crippen LogP) is 3.26. The molecular formula is C20H22F3N7O. The molecule has 3 rings (SSSR count). The molecule has 1 atom stereocenters. The number of carbonyl (C=O) groups is 1. The SMILES string of the molecule is CC[C@@H](CCc1cnc(C(F)(F)F)cn1)N(C)C(=O)c1nc(C)ccc1-n1nccn1. The Morgan fingerprint density at radius 2 is 1.87 bits per heavy atom. The summed E-state index contributed by atoms with van der Waals surface area (Å²) in [5.41, 5.74) is 0.784. The van der Waals surface area contributed by atoms with Crippen LogP contribution in [0.2, 0.25) is 0 Å². The molecule has 0 radical (unpaired) electrons. The molecule has 0 spiro atoms. The van der Waals surface area contributed by atoms with E-state index < -0.39 is 11.9 Å². The molecule has 1 amide bonds. The maximum atomic E-state index is 13.2. The molecule has 0 fully saturated rings. The second-order valence-corrected chi connectivity index (χ2v) is 7.05. The van der Waals surface area contributed by atoms with Gasteiger partial charge in [-0.1, -0.05) is 6.92 Å². The van der Waals surface area contributed by atoms with Gasteiger partial charge in [-0.05, 0) is 38.3 Å². The Kier molecular flexibility index (Phi) is 6.62. The molecule has 0 N–H and O–H groups in total. The van der Waals surface area contributed by atoms with Crippen LogP contribution in [0.15, 0.2) is 36.9 Å². The number of hydrogen-bond donors (Lipinski definition) is 0. The summed E-state index contributed by atoms with van der Waals surface area (Å²) in [6, 6.07) is 3.34. The van der Waals surface area contributed by atoms with E-state index in [1.807, 2.05) is 6.92 Å². The standard InChI is InChI=1S/C20H22F3N7O/c1-4-15(7-6-14-11-25-17(12-24-14)20(21,22)23)29(3)19(31)18-16(8-5-13(2)28-18)30-26-9-10-27-30/h5,8-12,15H,4,6-7H2,1-3H3/t15-/m0/s1. The molecule has 0 aliphatic heterocycles. The summed E-state index contributed by atoms with van der Waals surface area (Å²) in [4.78, 5) is 27.8. The van der Waals surface area contributed by atoms with Gasteiger partial charge in [-0.3, -0.25) is 9.78 Å². The second-order valence-electron chi connectivity index (χ2n) is 7.05. The molecule has 3 aromatic heterocycles. The van der Waals surface area contributed by atoms with Crippen molar-refractivity contribution in [2.45, 2.75) is 45.3 Å². The summed E-state index contributed by atoms with van der Waals surface area (Å²) in [7, 11) is 1.68. The molecule has 0 bridgehead atoms. The number of amides is 1. The van der Waals surface area contributed by atoms with Crippen LogP contribution in [0.5, 0.6) is 0 Å². The van der Waals surface area contributed by atoms with Crippen LogP contribution in [0.25, 0.3) is 5.69 Å². The van der Waals surface area contributed by atoms with Crippen LogP contribution in [-0.4, -0.2) is 53.8 Å². The van der Waals surface area contributed by atoms with E-state index in [0.29, 0.717) is 36.3 Å². The van der Waals surface area contributed by atoms with Crippen molar-refractivity contribution in [2.24, 2.45) is 0 Å². The predicted molar refractivity (Wildman–Crippen MR) is 105 cm³/mol. The zero-order chi connectivity index (χ0) is 22.6. The van der Waals surface area contributed by atoms with Crippen LogP contribution in [0.3, 0.4) is 0 Å². The largest absolute Gasteiger partial charge is 0.434 e. The van der Waals surface area contributed by atoms with E-state index in [-0.39, 0.29) is 17.6 Å². The Morgan fingerprint density at radius 3 is 2.45 bits per heavy atom. The van der Waals surface area contributed by atoms with Gasteiger partial charge in [0.15, 0.2) is 11.4 Å². The summed E-state index contributed by atoms with van der Waals surface area (Å²) in [5, 5.41) is 8.17. The van der Waals surface area contributed by atoms with Gasteiger partial charge in [-0.15, -0.1) is 4.80 Å². The van der Waals surface area contributed by atoms with E-state index in [2.05, 4.69) is 25.1 Å². The molecule has 31 heavy (non-hydrogen) atoms. The van der Waals surface area contributed by atoms with E-state index >= 15 is 0 Å². The van der Waals surface area contributed by atoms with Gasteiger partial charge in [0.25, 0.3) is 5.91 Å². The minimum Gasteiger partial charge on any atom is -0.337 e. The average Bonchev–Trinajstić information content (AvgIpc) is 3.27. The third-order valence-corrected chi connectivity index (χ3v) is 4.92. The number of carbonyl (C=O) groups excluding carboxylic acids is 1. The maximum Gasteiger partial charge on any atom is 0.434 e. The Labute approximate surface area is 177 Å². The Hall–Kier alpha value is -3.37. The van der Waals surface area contributed by atoms with Gasteiger partial charge in [0.05, 0.1) is 24.3 Å². The number of hydrogen-bond acceptors (Lipinski definition) is 6. The lowest BCUT2D eigenvalue weighted by molar-refractivity contribution is -0.141. The molecule has 0 aliphatic carbocycles. The van der Waals surface area contributed by atoms with Crippen molar-refractivity contribution < 1.29 is 18.0 Å². The minimum absolute atomic E-state index is 0.169. The molecular weight excluding hydrogens is 411 g/mol. The van der Waals surface area contributed by atoms with Crippen LogP contribution >= 0.6 is 0 Å². The van der Waals surface area contributed by atoms with Crippen molar-refractivity contribution in [1.82, 2.24) is 34.8 Å². The number of halogens is 3. The molecule has 0 aliphatic rings. The first-order valence-electron chi connectivity index (χ1n) is 9.70. The van der Waals surface area contributed by atoms with Gasteiger partial charge in [0.1, 0.15) is 5.69 Å². The highest BCUT2D eigenvalue weighted by atomic mass is 19.4. The van der Waals surface area contributed by atoms with E-state index in [1.165, 1.54) is 17.2 Å². The lowest BCUT2D eigenvalue weighted by Crippen LogP contribution is -2.38. The lowest BCUT2D eigenvalue weighted by Gasteiger charge is -2.27. The summed E-state index contributed by atoms with van der Waals surface area (Å²) in [6.07, 6.45) is 1.90. The molecule has 0 saturated carbocycles. The summed E-state index contributed by atoms with van der Waals surface area (Å²) >= 11 is 0.